The highest BCUT2D eigenvalue weighted by atomic mass is 19.1. The first-order valence-corrected chi connectivity index (χ1v) is 10.4. The third-order valence-corrected chi connectivity index (χ3v) is 5.83. The lowest BCUT2D eigenvalue weighted by molar-refractivity contribution is -0.125. The van der Waals surface area contributed by atoms with Gasteiger partial charge in [-0.05, 0) is 55.7 Å². The number of benzene rings is 1. The Morgan fingerprint density at radius 1 is 1.23 bits per heavy atom. The van der Waals surface area contributed by atoms with E-state index in [2.05, 4.69) is 5.32 Å². The smallest absolute Gasteiger partial charge is 0.407 e. The molecular formula is C22H28F2N2O4. The van der Waals surface area contributed by atoms with Crippen LogP contribution >= 0.6 is 0 Å². The van der Waals surface area contributed by atoms with Gasteiger partial charge in [-0.3, -0.25) is 4.79 Å². The predicted molar refractivity (Wildman–Crippen MR) is 109 cm³/mol. The van der Waals surface area contributed by atoms with Gasteiger partial charge in [-0.2, -0.15) is 0 Å². The number of hydrogen-bond acceptors (Lipinski definition) is 3. The Morgan fingerprint density at radius 3 is 2.60 bits per heavy atom. The summed E-state index contributed by atoms with van der Waals surface area (Å²) in [5.74, 6) is 0.00122. The van der Waals surface area contributed by atoms with Crippen molar-refractivity contribution in [2.75, 3.05) is 32.9 Å². The van der Waals surface area contributed by atoms with Gasteiger partial charge >= 0.3 is 6.09 Å². The first-order chi connectivity index (χ1) is 14.5. The summed E-state index contributed by atoms with van der Waals surface area (Å²) < 4.78 is 32.6. The molecule has 0 radical (unpaired) electrons. The Morgan fingerprint density at radius 2 is 2.00 bits per heavy atom. The van der Waals surface area contributed by atoms with E-state index in [0.29, 0.717) is 50.3 Å². The van der Waals surface area contributed by atoms with Crippen LogP contribution in [0.1, 0.15) is 37.7 Å². The van der Waals surface area contributed by atoms with Gasteiger partial charge in [-0.1, -0.05) is 6.08 Å². The van der Waals surface area contributed by atoms with Crippen LogP contribution in [0.3, 0.4) is 0 Å². The van der Waals surface area contributed by atoms with E-state index in [9.17, 15) is 18.4 Å². The number of ether oxygens (including phenoxy) is 1. The maximum absolute atomic E-state index is 14.6. The summed E-state index contributed by atoms with van der Waals surface area (Å²) in [7, 11) is 0. The number of allylic oxidation sites excluding steroid dienone is 2. The summed E-state index contributed by atoms with van der Waals surface area (Å²) in [6, 6.07) is 4.82. The largest absolute Gasteiger partial charge is 0.493 e. The van der Waals surface area contributed by atoms with E-state index in [0.717, 1.165) is 18.4 Å². The van der Waals surface area contributed by atoms with Gasteiger partial charge < -0.3 is 20.1 Å². The fourth-order valence-electron chi connectivity index (χ4n) is 3.98. The van der Waals surface area contributed by atoms with Crippen LogP contribution in [0.15, 0.2) is 24.3 Å². The zero-order chi connectivity index (χ0) is 21.5. The predicted octanol–water partition coefficient (Wildman–Crippen LogP) is 3.86. The summed E-state index contributed by atoms with van der Waals surface area (Å²) in [6.07, 6.45) is 4.18. The molecule has 1 saturated heterocycles. The number of carbonyl (C=O) groups is 2. The Balaban J connectivity index is 1.51. The summed E-state index contributed by atoms with van der Waals surface area (Å²) in [4.78, 5) is 24.3. The van der Waals surface area contributed by atoms with Crippen molar-refractivity contribution < 1.29 is 28.2 Å². The fourth-order valence-corrected chi connectivity index (χ4v) is 3.98. The summed E-state index contributed by atoms with van der Waals surface area (Å²) in [6.45, 7) is 0.876. The van der Waals surface area contributed by atoms with E-state index >= 15 is 0 Å². The highest BCUT2D eigenvalue weighted by Crippen LogP contribution is 2.33. The zero-order valence-electron chi connectivity index (χ0n) is 16.9. The molecule has 2 N–H and O–H groups in total. The second-order valence-electron chi connectivity index (χ2n) is 7.85. The molecule has 1 aliphatic carbocycles. The number of hydrogen-bond donors (Lipinski definition) is 2. The molecule has 1 atom stereocenters. The number of piperidine rings is 1. The molecule has 0 spiro atoms. The number of nitrogens with zero attached hydrogens (tertiary/aromatic N) is 1. The maximum Gasteiger partial charge on any atom is 0.407 e. The van der Waals surface area contributed by atoms with Crippen molar-refractivity contribution in [3.63, 3.8) is 0 Å². The standard InChI is InChI=1S/C22H28F2N2O4/c23-9-10-25-21(27)17-3-1-16(2-4-17)19-6-5-18(13-20(19)24)30-14-15-7-11-26(12-8-15)22(28)29/h1,5-6,13,15,17H,2-4,7-12,14H2,(H,25,27)(H,28,29). The number of likely N-dealkylation sites (tertiary alicyclic amines) is 1. The zero-order valence-corrected chi connectivity index (χ0v) is 16.9. The first kappa shape index (κ1) is 22.1. The van der Waals surface area contributed by atoms with Gasteiger partial charge in [0.1, 0.15) is 18.2 Å². The van der Waals surface area contributed by atoms with Crippen LogP contribution in [-0.4, -0.2) is 54.9 Å². The quantitative estimate of drug-likeness (QED) is 0.699. The van der Waals surface area contributed by atoms with Crippen molar-refractivity contribution in [3.05, 3.63) is 35.7 Å². The molecule has 6 nitrogen and oxygen atoms in total. The topological polar surface area (TPSA) is 78.9 Å². The van der Waals surface area contributed by atoms with E-state index in [1.54, 1.807) is 12.1 Å². The highest BCUT2D eigenvalue weighted by molar-refractivity contribution is 5.80. The van der Waals surface area contributed by atoms with Gasteiger partial charge in [-0.25, -0.2) is 13.6 Å². The van der Waals surface area contributed by atoms with Crippen molar-refractivity contribution in [2.24, 2.45) is 11.8 Å². The van der Waals surface area contributed by atoms with Crippen molar-refractivity contribution in [2.45, 2.75) is 32.1 Å². The lowest BCUT2D eigenvalue weighted by Gasteiger charge is -2.29. The van der Waals surface area contributed by atoms with Crippen LogP contribution < -0.4 is 10.1 Å². The number of halogens is 2. The number of alkyl halides is 1. The summed E-state index contributed by atoms with van der Waals surface area (Å²) >= 11 is 0. The van der Waals surface area contributed by atoms with Crippen LogP contribution in [-0.2, 0) is 4.79 Å². The van der Waals surface area contributed by atoms with Gasteiger partial charge in [0.05, 0.1) is 6.61 Å². The lowest BCUT2D eigenvalue weighted by atomic mass is 9.86. The number of carboxylic acid groups (broad SMARTS) is 1. The average molecular weight is 422 g/mol. The Hall–Kier alpha value is -2.64. The maximum atomic E-state index is 14.6. The highest BCUT2D eigenvalue weighted by Gasteiger charge is 2.24. The monoisotopic (exact) mass is 422 g/mol. The molecule has 1 aliphatic heterocycles. The molecule has 0 aromatic heterocycles. The van der Waals surface area contributed by atoms with Gasteiger partial charge in [0.25, 0.3) is 0 Å². The third kappa shape index (κ3) is 5.70. The molecule has 0 saturated carbocycles. The molecule has 164 valence electrons. The fraction of sp³-hybridized carbons (Fsp3) is 0.545. The van der Waals surface area contributed by atoms with Crippen LogP contribution in [0.2, 0.25) is 0 Å². The van der Waals surface area contributed by atoms with E-state index in [1.165, 1.54) is 11.0 Å². The number of carbonyl (C=O) groups excluding carboxylic acids is 1. The molecule has 30 heavy (non-hydrogen) atoms. The summed E-state index contributed by atoms with van der Waals surface area (Å²) in [5, 5.41) is 11.5. The molecule has 0 bridgehead atoms. The molecule has 1 heterocycles. The molecule has 2 aliphatic rings. The van der Waals surface area contributed by atoms with Crippen molar-refractivity contribution >= 4 is 17.6 Å². The van der Waals surface area contributed by atoms with Crippen LogP contribution in [0.4, 0.5) is 13.6 Å². The minimum atomic E-state index is -0.893. The second kappa shape index (κ2) is 10.4. The molecule has 1 fully saturated rings. The molecule has 1 aromatic rings. The van der Waals surface area contributed by atoms with E-state index in [4.69, 9.17) is 9.84 Å². The molecule has 1 unspecified atom stereocenters. The molecule has 8 heteroatoms. The van der Waals surface area contributed by atoms with E-state index in [-0.39, 0.29) is 30.1 Å². The van der Waals surface area contributed by atoms with Crippen LogP contribution in [0.5, 0.6) is 5.75 Å². The molecular weight excluding hydrogens is 394 g/mol. The van der Waals surface area contributed by atoms with Gasteiger partial charge in [0, 0.05) is 37.2 Å². The van der Waals surface area contributed by atoms with Gasteiger partial charge in [0.15, 0.2) is 0 Å². The Kier molecular flexibility index (Phi) is 7.65. The minimum Gasteiger partial charge on any atom is -0.493 e. The SMILES string of the molecule is O=C(NCCF)C1CC=C(c2ccc(OCC3CCN(C(=O)O)CC3)cc2F)CC1. The van der Waals surface area contributed by atoms with Crippen molar-refractivity contribution in [3.8, 4) is 5.75 Å². The molecule has 3 rings (SSSR count). The summed E-state index contributed by atoms with van der Waals surface area (Å²) in [5.41, 5.74) is 1.38. The second-order valence-corrected chi connectivity index (χ2v) is 7.85. The number of amides is 2. The van der Waals surface area contributed by atoms with Gasteiger partial charge in [-0.15, -0.1) is 0 Å². The van der Waals surface area contributed by atoms with Crippen molar-refractivity contribution in [1.29, 1.82) is 0 Å². The normalized spacial score (nSPS) is 19.9. The lowest BCUT2D eigenvalue weighted by Crippen LogP contribution is -2.38. The minimum absolute atomic E-state index is 0.0284. The van der Waals surface area contributed by atoms with Crippen molar-refractivity contribution in [1.82, 2.24) is 10.2 Å². The van der Waals surface area contributed by atoms with E-state index in [1.807, 2.05) is 6.08 Å². The third-order valence-electron chi connectivity index (χ3n) is 5.83. The molecule has 2 amide bonds. The van der Waals surface area contributed by atoms with Gasteiger partial charge in [0.2, 0.25) is 5.91 Å². The Bertz CT molecular complexity index is 791. The van der Waals surface area contributed by atoms with Crippen LogP contribution in [0.25, 0.3) is 5.57 Å². The number of nitrogens with one attached hydrogen (secondary N) is 1. The average Bonchev–Trinajstić information content (AvgIpc) is 2.76. The van der Waals surface area contributed by atoms with Crippen LogP contribution in [0, 0.1) is 17.7 Å². The Labute approximate surface area is 174 Å². The molecule has 1 aromatic carbocycles. The number of rotatable bonds is 7. The first-order valence-electron chi connectivity index (χ1n) is 10.4. The van der Waals surface area contributed by atoms with E-state index < -0.39 is 12.8 Å².